The molecule has 6 nitrogen and oxygen atoms in total. The zero-order valence-electron chi connectivity index (χ0n) is 11.9. The summed E-state index contributed by atoms with van der Waals surface area (Å²) in [5.74, 6) is -0.976. The van der Waals surface area contributed by atoms with Crippen molar-refractivity contribution in [3.8, 4) is 0 Å². The van der Waals surface area contributed by atoms with Gasteiger partial charge in [0.05, 0.1) is 13.2 Å². The van der Waals surface area contributed by atoms with Crippen molar-refractivity contribution in [1.29, 1.82) is 0 Å². The Balaban J connectivity index is 2.60. The van der Waals surface area contributed by atoms with Crippen LogP contribution >= 0.6 is 0 Å². The van der Waals surface area contributed by atoms with Crippen LogP contribution in [-0.2, 0) is 14.3 Å². The minimum Gasteiger partial charge on any atom is -0.480 e. The maximum Gasteiger partial charge on any atom is 0.324 e. The predicted molar refractivity (Wildman–Crippen MR) is 70.9 cm³/mol. The lowest BCUT2D eigenvalue weighted by Gasteiger charge is -2.33. The molecular formula is C13H24N2O4. The fourth-order valence-corrected chi connectivity index (χ4v) is 2.74. The molecule has 6 heteroatoms. The van der Waals surface area contributed by atoms with E-state index in [1.54, 1.807) is 12.0 Å². The molecule has 1 heterocycles. The molecule has 1 fully saturated rings. The van der Waals surface area contributed by atoms with E-state index in [9.17, 15) is 14.7 Å². The fraction of sp³-hybridized carbons (Fsp3) is 0.846. The van der Waals surface area contributed by atoms with Crippen molar-refractivity contribution in [2.24, 2.45) is 0 Å². The summed E-state index contributed by atoms with van der Waals surface area (Å²) in [6.45, 7) is 4.96. The second kappa shape index (κ2) is 6.86. The van der Waals surface area contributed by atoms with Crippen molar-refractivity contribution in [2.75, 3.05) is 26.8 Å². The molecule has 110 valence electrons. The van der Waals surface area contributed by atoms with Crippen molar-refractivity contribution >= 4 is 11.9 Å². The van der Waals surface area contributed by atoms with E-state index >= 15 is 0 Å². The zero-order chi connectivity index (χ0) is 14.5. The van der Waals surface area contributed by atoms with Crippen LogP contribution in [0.2, 0.25) is 0 Å². The highest BCUT2D eigenvalue weighted by Gasteiger charge is 2.46. The lowest BCUT2D eigenvalue weighted by Crippen LogP contribution is -2.54. The topological polar surface area (TPSA) is 78.9 Å². The molecule has 1 aliphatic rings. The van der Waals surface area contributed by atoms with Gasteiger partial charge < -0.3 is 15.2 Å². The first-order chi connectivity index (χ1) is 8.96. The quantitative estimate of drug-likeness (QED) is 0.704. The lowest BCUT2D eigenvalue weighted by molar-refractivity contribution is -0.150. The number of amides is 1. The van der Waals surface area contributed by atoms with E-state index in [1.165, 1.54) is 0 Å². The van der Waals surface area contributed by atoms with E-state index in [-0.39, 0.29) is 18.5 Å². The van der Waals surface area contributed by atoms with E-state index < -0.39 is 11.5 Å². The molecule has 2 unspecified atom stereocenters. The van der Waals surface area contributed by atoms with Gasteiger partial charge in [0, 0.05) is 13.2 Å². The Kier molecular flexibility index (Phi) is 5.75. The fourth-order valence-electron chi connectivity index (χ4n) is 2.74. The Labute approximate surface area is 114 Å². The maximum atomic E-state index is 11.9. The number of aliphatic carboxylic acids is 1. The van der Waals surface area contributed by atoms with Crippen LogP contribution in [0.15, 0.2) is 0 Å². The van der Waals surface area contributed by atoms with Gasteiger partial charge in [0.1, 0.15) is 5.54 Å². The molecule has 0 bridgehead atoms. The number of ether oxygens (including phenoxy) is 1. The van der Waals surface area contributed by atoms with Gasteiger partial charge in [-0.05, 0) is 32.7 Å². The molecule has 1 rings (SSSR count). The number of rotatable bonds is 7. The van der Waals surface area contributed by atoms with Crippen molar-refractivity contribution in [3.05, 3.63) is 0 Å². The predicted octanol–water partition coefficient (Wildman–Crippen LogP) is 0.467. The molecule has 0 radical (unpaired) electrons. The molecule has 1 amide bonds. The maximum absolute atomic E-state index is 11.9. The van der Waals surface area contributed by atoms with Crippen LogP contribution in [0, 0.1) is 0 Å². The number of nitrogens with one attached hydrogen (secondary N) is 1. The molecule has 0 spiro atoms. The highest BCUT2D eigenvalue weighted by atomic mass is 16.5. The van der Waals surface area contributed by atoms with Crippen molar-refractivity contribution < 1.29 is 19.4 Å². The Morgan fingerprint density at radius 2 is 2.21 bits per heavy atom. The summed E-state index contributed by atoms with van der Waals surface area (Å²) in [4.78, 5) is 25.2. The van der Waals surface area contributed by atoms with Crippen LogP contribution < -0.4 is 5.32 Å². The van der Waals surface area contributed by atoms with Gasteiger partial charge in [-0.2, -0.15) is 0 Å². The first-order valence-electron chi connectivity index (χ1n) is 6.73. The summed E-state index contributed by atoms with van der Waals surface area (Å²) in [5, 5.41) is 12.2. The van der Waals surface area contributed by atoms with Crippen LogP contribution in [0.4, 0.5) is 0 Å². The minimum absolute atomic E-state index is 0.0686. The molecule has 19 heavy (non-hydrogen) atoms. The first kappa shape index (κ1) is 15.9. The number of nitrogens with zero attached hydrogens (tertiary/aromatic N) is 1. The molecule has 1 saturated heterocycles. The number of carbonyl (C=O) groups excluding carboxylic acids is 1. The Bertz CT molecular complexity index is 335. The van der Waals surface area contributed by atoms with Crippen LogP contribution in [0.25, 0.3) is 0 Å². The van der Waals surface area contributed by atoms with E-state index in [4.69, 9.17) is 4.74 Å². The van der Waals surface area contributed by atoms with E-state index in [0.29, 0.717) is 26.0 Å². The average molecular weight is 272 g/mol. The number of carboxylic acids is 1. The third-order valence-corrected chi connectivity index (χ3v) is 3.77. The molecule has 0 aromatic heterocycles. The van der Waals surface area contributed by atoms with Crippen LogP contribution in [-0.4, -0.2) is 60.3 Å². The van der Waals surface area contributed by atoms with Gasteiger partial charge >= 0.3 is 5.97 Å². The van der Waals surface area contributed by atoms with E-state index in [0.717, 1.165) is 6.42 Å². The minimum atomic E-state index is -0.873. The molecular weight excluding hydrogens is 248 g/mol. The Morgan fingerprint density at radius 3 is 2.74 bits per heavy atom. The molecule has 0 saturated carbocycles. The highest BCUT2D eigenvalue weighted by molar-refractivity contribution is 5.82. The molecule has 2 atom stereocenters. The number of hydrogen-bond acceptors (Lipinski definition) is 4. The smallest absolute Gasteiger partial charge is 0.324 e. The van der Waals surface area contributed by atoms with Crippen molar-refractivity contribution in [2.45, 2.75) is 44.7 Å². The van der Waals surface area contributed by atoms with Gasteiger partial charge in [0.15, 0.2) is 0 Å². The molecule has 0 aromatic carbocycles. The van der Waals surface area contributed by atoms with E-state index in [1.807, 2.05) is 13.8 Å². The van der Waals surface area contributed by atoms with Crippen molar-refractivity contribution in [1.82, 2.24) is 10.2 Å². The average Bonchev–Trinajstić information content (AvgIpc) is 2.73. The number of methoxy groups -OCH3 is 1. The Morgan fingerprint density at radius 1 is 1.53 bits per heavy atom. The summed E-state index contributed by atoms with van der Waals surface area (Å²) in [5.41, 5.74) is -0.873. The van der Waals surface area contributed by atoms with Gasteiger partial charge in [0.2, 0.25) is 5.91 Å². The SMILES string of the molecule is CCC1(C(=O)O)CCCN1CC(=O)NC(C)COC. The zero-order valence-corrected chi connectivity index (χ0v) is 11.9. The van der Waals surface area contributed by atoms with Crippen molar-refractivity contribution in [3.63, 3.8) is 0 Å². The van der Waals surface area contributed by atoms with Gasteiger partial charge in [-0.15, -0.1) is 0 Å². The Hall–Kier alpha value is -1.14. The summed E-state index contributed by atoms with van der Waals surface area (Å²) in [6, 6.07) is -0.0686. The summed E-state index contributed by atoms with van der Waals surface area (Å²) >= 11 is 0. The number of hydrogen-bond donors (Lipinski definition) is 2. The largest absolute Gasteiger partial charge is 0.480 e. The van der Waals surface area contributed by atoms with Gasteiger partial charge in [-0.25, -0.2) is 0 Å². The van der Waals surface area contributed by atoms with Gasteiger partial charge in [-0.1, -0.05) is 6.92 Å². The monoisotopic (exact) mass is 272 g/mol. The highest BCUT2D eigenvalue weighted by Crippen LogP contribution is 2.32. The molecule has 0 aromatic rings. The third-order valence-electron chi connectivity index (χ3n) is 3.77. The molecule has 1 aliphatic heterocycles. The molecule has 2 N–H and O–H groups in total. The van der Waals surface area contributed by atoms with Crippen LogP contribution in [0.3, 0.4) is 0 Å². The lowest BCUT2D eigenvalue weighted by atomic mass is 9.93. The normalized spacial score (nSPS) is 25.2. The third kappa shape index (κ3) is 3.67. The first-order valence-corrected chi connectivity index (χ1v) is 6.73. The number of carboxylic acid groups (broad SMARTS) is 1. The summed E-state index contributed by atoms with van der Waals surface area (Å²) in [7, 11) is 1.58. The standard InChI is InChI=1S/C13H24N2O4/c1-4-13(12(17)18)6-5-7-15(13)8-11(16)14-10(2)9-19-3/h10H,4-9H2,1-3H3,(H,14,16)(H,17,18). The second-order valence-electron chi connectivity index (χ2n) is 5.14. The van der Waals surface area contributed by atoms with Crippen LogP contribution in [0.5, 0.6) is 0 Å². The number of likely N-dealkylation sites (tertiary alicyclic amines) is 1. The van der Waals surface area contributed by atoms with Crippen LogP contribution in [0.1, 0.15) is 33.1 Å². The van der Waals surface area contributed by atoms with E-state index in [2.05, 4.69) is 5.32 Å². The van der Waals surface area contributed by atoms with Gasteiger partial charge in [0.25, 0.3) is 0 Å². The second-order valence-corrected chi connectivity index (χ2v) is 5.14. The number of carbonyl (C=O) groups is 2. The summed E-state index contributed by atoms with van der Waals surface area (Å²) < 4.78 is 4.95. The summed E-state index contributed by atoms with van der Waals surface area (Å²) in [6.07, 6.45) is 1.95. The molecule has 0 aliphatic carbocycles. The van der Waals surface area contributed by atoms with Gasteiger partial charge in [-0.3, -0.25) is 14.5 Å².